The van der Waals surface area contributed by atoms with Gasteiger partial charge in [-0.1, -0.05) is 102 Å². The minimum Gasteiger partial charge on any atom is -0.547 e. The van der Waals surface area contributed by atoms with E-state index in [2.05, 4.69) is 121 Å². The Morgan fingerprint density at radius 3 is 1.76 bits per heavy atom. The van der Waals surface area contributed by atoms with E-state index in [1.165, 1.54) is 10.4 Å². The monoisotopic (exact) mass is 550 g/mol. The first-order valence-corrected chi connectivity index (χ1v) is 18.8. The number of ether oxygens (including phenoxy) is 1. The summed E-state index contributed by atoms with van der Waals surface area (Å²) in [5, 5.41) is 2.41. The van der Waals surface area contributed by atoms with Crippen molar-refractivity contribution in [3.8, 4) is 0 Å². The molecule has 0 saturated heterocycles. The third-order valence-corrected chi connectivity index (χ3v) is 18.5. The second-order valence-corrected chi connectivity index (χ2v) is 22.6. The van der Waals surface area contributed by atoms with Gasteiger partial charge in [-0.15, -0.1) is 0 Å². The standard InChI is InChI=1S/C32H46O4Si2/c1-31(2,3)37(8,9)35-23-20-26-28(22-27(33)30(26)29(21-23)34-7)36-38(32(4,5)6,24-16-12-10-13-17-24)25-18-14-11-15-19-25/h10-19,21,26,28-30H,20,22H2,1-9H3/t26-,28+,29-,30-/m1/s1. The van der Waals surface area contributed by atoms with Gasteiger partial charge >= 0.3 is 0 Å². The topological polar surface area (TPSA) is 44.8 Å². The summed E-state index contributed by atoms with van der Waals surface area (Å²) < 4.78 is 20.2. The number of rotatable bonds is 7. The van der Waals surface area contributed by atoms with Crippen LogP contribution in [0.4, 0.5) is 0 Å². The number of hydrogen-bond donors (Lipinski definition) is 0. The summed E-state index contributed by atoms with van der Waals surface area (Å²) in [5.74, 6) is 1.04. The average molecular weight is 551 g/mol. The molecule has 38 heavy (non-hydrogen) atoms. The number of carbonyl (C=O) groups is 1. The van der Waals surface area contributed by atoms with Crippen LogP contribution in [0.2, 0.25) is 23.2 Å². The van der Waals surface area contributed by atoms with E-state index in [0.717, 1.165) is 5.76 Å². The maximum Gasteiger partial charge on any atom is 0.261 e. The van der Waals surface area contributed by atoms with E-state index in [-0.39, 0.29) is 39.9 Å². The van der Waals surface area contributed by atoms with E-state index >= 15 is 0 Å². The lowest BCUT2D eigenvalue weighted by atomic mass is 9.81. The van der Waals surface area contributed by atoms with Crippen LogP contribution < -0.4 is 10.4 Å². The van der Waals surface area contributed by atoms with Crippen molar-refractivity contribution < 1.29 is 18.4 Å². The van der Waals surface area contributed by atoms with E-state index < -0.39 is 16.6 Å². The molecule has 0 radical (unpaired) electrons. The SMILES string of the molecule is CO[C@@H]1C=C(O[Si](C)(C)C(C)(C)C)C[C@H]2[C@@H]1C(=O)C[C@@H]2O[Si](c1ccccc1)(c1ccccc1)C(C)(C)C. The molecule has 4 atom stereocenters. The molecule has 0 N–H and O–H groups in total. The molecule has 4 nitrogen and oxygen atoms in total. The van der Waals surface area contributed by atoms with Crippen LogP contribution in [-0.2, 0) is 18.4 Å². The molecule has 0 heterocycles. The molecule has 206 valence electrons. The van der Waals surface area contributed by atoms with Gasteiger partial charge in [0.25, 0.3) is 8.32 Å². The molecule has 0 aliphatic heterocycles. The van der Waals surface area contributed by atoms with Crippen LogP contribution in [-0.4, -0.2) is 41.7 Å². The predicted octanol–water partition coefficient (Wildman–Crippen LogP) is 6.46. The van der Waals surface area contributed by atoms with Crippen LogP contribution in [0, 0.1) is 11.8 Å². The molecular formula is C32H46O4Si2. The zero-order valence-electron chi connectivity index (χ0n) is 24.7. The van der Waals surface area contributed by atoms with Crippen molar-refractivity contribution in [1.82, 2.24) is 0 Å². The van der Waals surface area contributed by atoms with Crippen LogP contribution in [0.3, 0.4) is 0 Å². The lowest BCUT2D eigenvalue weighted by Crippen LogP contribution is -2.68. The molecule has 2 aromatic rings. The molecular weight excluding hydrogens is 505 g/mol. The van der Waals surface area contributed by atoms with Crippen molar-refractivity contribution in [2.45, 2.75) is 89.8 Å². The Morgan fingerprint density at radius 1 is 0.789 bits per heavy atom. The van der Waals surface area contributed by atoms with Crippen molar-refractivity contribution in [1.29, 1.82) is 0 Å². The highest BCUT2D eigenvalue weighted by Gasteiger charge is 2.57. The van der Waals surface area contributed by atoms with E-state index in [1.807, 2.05) is 0 Å². The summed E-state index contributed by atoms with van der Waals surface area (Å²) in [6, 6.07) is 21.4. The zero-order chi connectivity index (χ0) is 27.9. The third-order valence-electron chi connectivity index (χ3n) is 9.06. The number of allylic oxidation sites excluding steroid dienone is 1. The summed E-state index contributed by atoms with van der Waals surface area (Å²) in [6.07, 6.45) is 2.73. The zero-order valence-corrected chi connectivity index (χ0v) is 26.7. The first-order chi connectivity index (χ1) is 17.7. The van der Waals surface area contributed by atoms with E-state index in [0.29, 0.717) is 12.8 Å². The summed E-state index contributed by atoms with van der Waals surface area (Å²) >= 11 is 0. The van der Waals surface area contributed by atoms with Gasteiger partial charge in [0.2, 0.25) is 8.32 Å². The highest BCUT2D eigenvalue weighted by atomic mass is 28.4. The maximum absolute atomic E-state index is 13.5. The van der Waals surface area contributed by atoms with Crippen molar-refractivity contribution >= 4 is 32.8 Å². The molecule has 0 aromatic heterocycles. The molecule has 2 aliphatic rings. The first-order valence-electron chi connectivity index (χ1n) is 14.0. The van der Waals surface area contributed by atoms with Gasteiger partial charge in [0.05, 0.1) is 23.9 Å². The lowest BCUT2D eigenvalue weighted by Gasteiger charge is -2.46. The van der Waals surface area contributed by atoms with Crippen molar-refractivity contribution in [2.24, 2.45) is 11.8 Å². The largest absolute Gasteiger partial charge is 0.547 e. The normalized spacial score (nSPS) is 24.7. The first kappa shape index (κ1) is 29.0. The number of Topliss-reactive ketones (excluding diaryl/α,β-unsaturated/α-hetero) is 1. The van der Waals surface area contributed by atoms with Gasteiger partial charge in [-0.2, -0.15) is 0 Å². The van der Waals surface area contributed by atoms with Gasteiger partial charge in [-0.3, -0.25) is 4.79 Å². The minimum absolute atomic E-state index is 0.0267. The fraction of sp³-hybridized carbons (Fsp3) is 0.531. The Bertz CT molecular complexity index is 1110. The minimum atomic E-state index is -2.80. The molecule has 2 aliphatic carbocycles. The molecule has 6 heteroatoms. The van der Waals surface area contributed by atoms with Gasteiger partial charge in [0.1, 0.15) is 5.78 Å². The quantitative estimate of drug-likeness (QED) is 0.371. The molecule has 0 amide bonds. The van der Waals surface area contributed by atoms with Crippen molar-refractivity contribution in [3.05, 3.63) is 72.5 Å². The number of methoxy groups -OCH3 is 1. The number of hydrogen-bond acceptors (Lipinski definition) is 4. The molecule has 0 spiro atoms. The average Bonchev–Trinajstić information content (AvgIpc) is 3.16. The Kier molecular flexibility index (Phi) is 8.03. The fourth-order valence-electron chi connectivity index (χ4n) is 6.05. The Balaban J connectivity index is 1.77. The molecule has 4 rings (SSSR count). The lowest BCUT2D eigenvalue weighted by molar-refractivity contribution is -0.124. The van der Waals surface area contributed by atoms with Crippen LogP contribution in [0.15, 0.2) is 72.5 Å². The third kappa shape index (κ3) is 5.25. The highest BCUT2D eigenvalue weighted by molar-refractivity contribution is 6.99. The Hall–Kier alpha value is -2.00. The maximum atomic E-state index is 13.5. The molecule has 0 unspecified atom stereocenters. The predicted molar refractivity (Wildman–Crippen MR) is 161 cm³/mol. The van der Waals surface area contributed by atoms with Crippen LogP contribution in [0.25, 0.3) is 0 Å². The van der Waals surface area contributed by atoms with E-state index in [4.69, 9.17) is 13.6 Å². The second-order valence-electron chi connectivity index (χ2n) is 13.6. The molecule has 0 bridgehead atoms. The van der Waals surface area contributed by atoms with Gasteiger partial charge < -0.3 is 13.6 Å². The fourth-order valence-corrected chi connectivity index (χ4v) is 11.9. The van der Waals surface area contributed by atoms with E-state index in [1.54, 1.807) is 7.11 Å². The van der Waals surface area contributed by atoms with Crippen LogP contribution in [0.1, 0.15) is 54.4 Å². The number of fused-ring (bicyclic) bond motifs is 1. The highest BCUT2D eigenvalue weighted by Crippen LogP contribution is 2.48. The Morgan fingerprint density at radius 2 is 1.32 bits per heavy atom. The van der Waals surface area contributed by atoms with Crippen LogP contribution in [0.5, 0.6) is 0 Å². The van der Waals surface area contributed by atoms with Gasteiger partial charge in [-0.05, 0) is 39.6 Å². The Labute approximate surface area is 232 Å². The summed E-state index contributed by atoms with van der Waals surface area (Å²) in [4.78, 5) is 13.5. The molecule has 2 aromatic carbocycles. The van der Waals surface area contributed by atoms with Crippen molar-refractivity contribution in [3.63, 3.8) is 0 Å². The van der Waals surface area contributed by atoms with Crippen LogP contribution >= 0.6 is 0 Å². The number of benzene rings is 2. The summed E-state index contributed by atoms with van der Waals surface area (Å²) in [6.45, 7) is 18.2. The molecule has 1 fully saturated rings. The smallest absolute Gasteiger partial charge is 0.261 e. The van der Waals surface area contributed by atoms with Gasteiger partial charge in [0.15, 0.2) is 0 Å². The second kappa shape index (κ2) is 10.5. The molecule has 1 saturated carbocycles. The number of ketones is 1. The van der Waals surface area contributed by atoms with Crippen molar-refractivity contribution in [2.75, 3.05) is 7.11 Å². The summed E-state index contributed by atoms with van der Waals surface area (Å²) in [7, 11) is -3.13. The van der Waals surface area contributed by atoms with Gasteiger partial charge in [0, 0.05) is 25.9 Å². The number of carbonyl (C=O) groups excluding carboxylic acids is 1. The van der Waals surface area contributed by atoms with E-state index in [9.17, 15) is 4.79 Å². The summed E-state index contributed by atoms with van der Waals surface area (Å²) in [5.41, 5.74) is 0. The van der Waals surface area contributed by atoms with Gasteiger partial charge in [-0.25, -0.2) is 0 Å².